The quantitative estimate of drug-likeness (QED) is 0.304. The number of methoxy groups -OCH3 is 2. The van der Waals surface area contributed by atoms with Crippen LogP contribution in [-0.4, -0.2) is 36.9 Å². The average molecular weight is 443 g/mol. The van der Waals surface area contributed by atoms with Gasteiger partial charge in [0.1, 0.15) is 0 Å². The van der Waals surface area contributed by atoms with Crippen molar-refractivity contribution in [3.8, 4) is 22.8 Å². The van der Waals surface area contributed by atoms with Gasteiger partial charge in [-0.25, -0.2) is 0 Å². The molecule has 1 atom stereocenters. The maximum absolute atomic E-state index is 13.3. The molecule has 0 bridgehead atoms. The van der Waals surface area contributed by atoms with Crippen molar-refractivity contribution in [1.82, 2.24) is 10.3 Å². The molecule has 4 aromatic rings. The first kappa shape index (κ1) is 22.1. The third-order valence-electron chi connectivity index (χ3n) is 5.57. The lowest BCUT2D eigenvalue weighted by atomic mass is 10.0. The first-order valence-electron chi connectivity index (χ1n) is 10.7. The van der Waals surface area contributed by atoms with Crippen LogP contribution in [0.4, 0.5) is 0 Å². The zero-order valence-electron chi connectivity index (χ0n) is 18.8. The zero-order chi connectivity index (χ0) is 23.4. The zero-order valence-corrected chi connectivity index (χ0v) is 18.8. The summed E-state index contributed by atoms with van der Waals surface area (Å²) < 4.78 is 10.6. The summed E-state index contributed by atoms with van der Waals surface area (Å²) in [6, 6.07) is 22.4. The van der Waals surface area contributed by atoms with Crippen molar-refractivity contribution in [3.05, 3.63) is 83.9 Å². The predicted octanol–water partition coefficient (Wildman–Crippen LogP) is 4.78. The number of amides is 1. The highest BCUT2D eigenvalue weighted by molar-refractivity contribution is 6.46. The van der Waals surface area contributed by atoms with Gasteiger partial charge in [-0.05, 0) is 42.7 Å². The van der Waals surface area contributed by atoms with E-state index in [1.54, 1.807) is 14.2 Å². The van der Waals surface area contributed by atoms with Crippen LogP contribution in [0.25, 0.3) is 22.2 Å². The van der Waals surface area contributed by atoms with Crippen LogP contribution >= 0.6 is 0 Å². The normalized spacial score (nSPS) is 11.7. The second kappa shape index (κ2) is 9.61. The molecule has 1 aromatic heterocycles. The Bertz CT molecular complexity index is 1290. The van der Waals surface area contributed by atoms with E-state index < -0.39 is 11.7 Å². The molecule has 0 fully saturated rings. The van der Waals surface area contributed by atoms with Gasteiger partial charge in [-0.2, -0.15) is 0 Å². The Morgan fingerprint density at radius 2 is 1.61 bits per heavy atom. The van der Waals surface area contributed by atoms with E-state index >= 15 is 0 Å². The van der Waals surface area contributed by atoms with E-state index in [1.165, 1.54) is 0 Å². The lowest BCUT2D eigenvalue weighted by Gasteiger charge is -2.15. The third kappa shape index (κ3) is 4.60. The number of Topliss-reactive ketones (excluding diaryl/α,β-unsaturated/α-hetero) is 1. The number of para-hydroxylation sites is 1. The van der Waals surface area contributed by atoms with E-state index in [4.69, 9.17) is 9.47 Å². The smallest absolute Gasteiger partial charge is 0.292 e. The molecule has 33 heavy (non-hydrogen) atoms. The van der Waals surface area contributed by atoms with Crippen LogP contribution in [0.5, 0.6) is 11.5 Å². The average Bonchev–Trinajstić information content (AvgIpc) is 3.23. The fourth-order valence-corrected chi connectivity index (χ4v) is 4.01. The van der Waals surface area contributed by atoms with Gasteiger partial charge in [-0.1, -0.05) is 54.6 Å². The second-order valence-electron chi connectivity index (χ2n) is 7.88. The number of aromatic nitrogens is 1. The molecule has 168 valence electrons. The Labute approximate surface area is 192 Å². The summed E-state index contributed by atoms with van der Waals surface area (Å²) in [7, 11) is 3.16. The molecule has 1 heterocycles. The monoisotopic (exact) mass is 442 g/mol. The summed E-state index contributed by atoms with van der Waals surface area (Å²) in [5.41, 5.74) is 3.65. The van der Waals surface area contributed by atoms with E-state index in [9.17, 15) is 9.59 Å². The fraction of sp³-hybridized carbons (Fsp3) is 0.185. The molecule has 6 nitrogen and oxygen atoms in total. The van der Waals surface area contributed by atoms with Crippen molar-refractivity contribution in [2.45, 2.75) is 19.4 Å². The Morgan fingerprint density at radius 1 is 0.909 bits per heavy atom. The number of H-pyrrole nitrogens is 1. The summed E-state index contributed by atoms with van der Waals surface area (Å²) in [5.74, 6) is 0.0622. The molecule has 6 heteroatoms. The molecule has 0 saturated heterocycles. The van der Waals surface area contributed by atoms with Gasteiger partial charge in [0.2, 0.25) is 0 Å². The van der Waals surface area contributed by atoms with E-state index in [0.29, 0.717) is 29.2 Å². The Hall–Kier alpha value is -4.06. The van der Waals surface area contributed by atoms with Crippen molar-refractivity contribution in [2.24, 2.45) is 0 Å². The maximum atomic E-state index is 13.3. The van der Waals surface area contributed by atoms with Gasteiger partial charge in [0.25, 0.3) is 11.7 Å². The van der Waals surface area contributed by atoms with Crippen LogP contribution in [0.1, 0.15) is 22.8 Å². The molecule has 0 radical (unpaired) electrons. The molecular formula is C27H26N2O4. The minimum Gasteiger partial charge on any atom is -0.493 e. The Morgan fingerprint density at radius 3 is 2.33 bits per heavy atom. The predicted molar refractivity (Wildman–Crippen MR) is 129 cm³/mol. The van der Waals surface area contributed by atoms with Gasteiger partial charge in [0.05, 0.1) is 25.5 Å². The number of carbonyl (C=O) groups excluding carboxylic acids is 2. The van der Waals surface area contributed by atoms with Crippen LogP contribution < -0.4 is 14.8 Å². The molecule has 1 amide bonds. The highest BCUT2D eigenvalue weighted by Crippen LogP contribution is 2.31. The number of hydrogen-bond donors (Lipinski definition) is 2. The van der Waals surface area contributed by atoms with E-state index in [0.717, 1.165) is 22.0 Å². The maximum Gasteiger partial charge on any atom is 0.292 e. The Kier molecular flexibility index (Phi) is 6.45. The van der Waals surface area contributed by atoms with Gasteiger partial charge < -0.3 is 19.8 Å². The molecule has 2 N–H and O–H groups in total. The number of fused-ring (bicyclic) bond motifs is 1. The summed E-state index contributed by atoms with van der Waals surface area (Å²) in [5, 5.41) is 3.58. The van der Waals surface area contributed by atoms with Gasteiger partial charge in [-0.15, -0.1) is 0 Å². The minimum atomic E-state index is -0.634. The fourth-order valence-electron chi connectivity index (χ4n) is 4.01. The highest BCUT2D eigenvalue weighted by atomic mass is 16.5. The number of carbonyl (C=O) groups is 2. The molecule has 4 rings (SSSR count). The van der Waals surface area contributed by atoms with Gasteiger partial charge in [-0.3, -0.25) is 9.59 Å². The van der Waals surface area contributed by atoms with Crippen LogP contribution in [0, 0.1) is 0 Å². The van der Waals surface area contributed by atoms with Crippen LogP contribution in [0.15, 0.2) is 72.8 Å². The Balaban J connectivity index is 1.57. The molecule has 3 aromatic carbocycles. The van der Waals surface area contributed by atoms with Gasteiger partial charge >= 0.3 is 0 Å². The van der Waals surface area contributed by atoms with Crippen molar-refractivity contribution < 1.29 is 19.1 Å². The molecule has 0 aliphatic rings. The van der Waals surface area contributed by atoms with E-state index in [-0.39, 0.29) is 6.04 Å². The number of aromatic amines is 1. The largest absolute Gasteiger partial charge is 0.493 e. The molecule has 0 saturated carbocycles. The van der Waals surface area contributed by atoms with Gasteiger partial charge in [0.15, 0.2) is 11.5 Å². The lowest BCUT2D eigenvalue weighted by Crippen LogP contribution is -2.38. The SMILES string of the molecule is COc1ccc(C[C@H](C)NC(=O)C(=O)c2c(-c3ccccc3)[nH]c3ccccc23)cc1OC. The van der Waals surface area contributed by atoms with Crippen molar-refractivity contribution >= 4 is 22.6 Å². The van der Waals surface area contributed by atoms with Crippen molar-refractivity contribution in [1.29, 1.82) is 0 Å². The number of benzene rings is 3. The second-order valence-corrected chi connectivity index (χ2v) is 7.88. The number of nitrogens with one attached hydrogen (secondary N) is 2. The summed E-state index contributed by atoms with van der Waals surface area (Å²) in [6.45, 7) is 1.87. The minimum absolute atomic E-state index is 0.259. The molecule has 0 unspecified atom stereocenters. The van der Waals surface area contributed by atoms with Gasteiger partial charge in [0, 0.05) is 16.9 Å². The summed E-state index contributed by atoms with van der Waals surface area (Å²) in [6.07, 6.45) is 0.540. The number of rotatable bonds is 8. The van der Waals surface area contributed by atoms with E-state index in [1.807, 2.05) is 79.7 Å². The van der Waals surface area contributed by atoms with E-state index in [2.05, 4.69) is 10.3 Å². The number of hydrogen-bond acceptors (Lipinski definition) is 4. The molecule has 0 aliphatic heterocycles. The highest BCUT2D eigenvalue weighted by Gasteiger charge is 2.26. The van der Waals surface area contributed by atoms with Crippen LogP contribution in [0.2, 0.25) is 0 Å². The molecule has 0 spiro atoms. The van der Waals surface area contributed by atoms with Crippen LogP contribution in [0.3, 0.4) is 0 Å². The first-order chi connectivity index (χ1) is 16.0. The standard InChI is InChI=1S/C27H26N2O4/c1-17(15-18-13-14-22(32-2)23(16-18)33-3)28-27(31)26(30)24-20-11-7-8-12-21(20)29-25(24)19-9-5-4-6-10-19/h4-14,16-17,29H,15H2,1-3H3,(H,28,31)/t17-/m0/s1. The molecular weight excluding hydrogens is 416 g/mol. The molecule has 0 aliphatic carbocycles. The van der Waals surface area contributed by atoms with Crippen molar-refractivity contribution in [3.63, 3.8) is 0 Å². The van der Waals surface area contributed by atoms with Crippen molar-refractivity contribution in [2.75, 3.05) is 14.2 Å². The third-order valence-corrected chi connectivity index (χ3v) is 5.57. The van der Waals surface area contributed by atoms with Crippen LogP contribution in [-0.2, 0) is 11.2 Å². The first-order valence-corrected chi connectivity index (χ1v) is 10.7. The number of ketones is 1. The topological polar surface area (TPSA) is 80.4 Å². The summed E-state index contributed by atoms with van der Waals surface area (Å²) in [4.78, 5) is 29.6. The number of ether oxygens (including phenoxy) is 2. The lowest BCUT2D eigenvalue weighted by molar-refractivity contribution is -0.117. The summed E-state index contributed by atoms with van der Waals surface area (Å²) >= 11 is 0.